The topological polar surface area (TPSA) is 52.0 Å². The molecule has 0 spiro atoms. The molecule has 1 N–H and O–H groups in total. The van der Waals surface area contributed by atoms with E-state index in [1.807, 2.05) is 6.92 Å². The van der Waals surface area contributed by atoms with Gasteiger partial charge in [-0.25, -0.2) is 4.98 Å². The molecule has 1 aliphatic rings. The number of alkyl halides is 3. The van der Waals surface area contributed by atoms with Crippen molar-refractivity contribution in [3.05, 3.63) is 17.0 Å². The summed E-state index contributed by atoms with van der Waals surface area (Å²) in [5, 5.41) is 2.95. The van der Waals surface area contributed by atoms with Crippen LogP contribution in [0.2, 0.25) is 31.0 Å². The second-order valence-electron chi connectivity index (χ2n) is 8.58. The first-order valence-electron chi connectivity index (χ1n) is 8.88. The van der Waals surface area contributed by atoms with Crippen LogP contribution in [0.25, 0.3) is 11.0 Å². The Morgan fingerprint density at radius 3 is 2.52 bits per heavy atom. The molecular weight excluding hydrogens is 397 g/mol. The lowest BCUT2D eigenvalue weighted by Crippen LogP contribution is -2.22. The van der Waals surface area contributed by atoms with Crippen molar-refractivity contribution in [1.82, 2.24) is 14.5 Å². The summed E-state index contributed by atoms with van der Waals surface area (Å²) in [6, 6.07) is 0.930. The molecule has 27 heavy (non-hydrogen) atoms. The lowest BCUT2D eigenvalue weighted by Gasteiger charge is -2.16. The standard InChI is InChI=1S/C17H24ClF3N4OSi/c1-16(5-6-16)24-13-12-11(17(19,20)21)9-25(14(12)23-15(18)22-13)10-26-7-8-27(2,3)4/h9H,5-8,10H2,1-4H3,(H,22,23,24). The second-order valence-corrected chi connectivity index (χ2v) is 14.5. The molecule has 10 heteroatoms. The Hall–Kier alpha value is -1.32. The third kappa shape index (κ3) is 4.94. The maximum atomic E-state index is 13.6. The number of rotatable bonds is 7. The highest BCUT2D eigenvalue weighted by Gasteiger charge is 2.41. The first kappa shape index (κ1) is 20.4. The van der Waals surface area contributed by atoms with Gasteiger partial charge in [0, 0.05) is 26.4 Å². The van der Waals surface area contributed by atoms with Crippen LogP contribution in [0.1, 0.15) is 25.3 Å². The summed E-state index contributed by atoms with van der Waals surface area (Å²) in [6.07, 6.45) is -1.75. The van der Waals surface area contributed by atoms with Gasteiger partial charge in [-0.05, 0) is 37.4 Å². The fourth-order valence-electron chi connectivity index (χ4n) is 2.70. The zero-order valence-electron chi connectivity index (χ0n) is 15.9. The van der Waals surface area contributed by atoms with Crippen molar-refractivity contribution in [2.75, 3.05) is 11.9 Å². The van der Waals surface area contributed by atoms with Gasteiger partial charge in [-0.3, -0.25) is 0 Å². The van der Waals surface area contributed by atoms with Crippen LogP contribution >= 0.6 is 11.6 Å². The summed E-state index contributed by atoms with van der Waals surface area (Å²) < 4.78 is 47.9. The van der Waals surface area contributed by atoms with Crippen molar-refractivity contribution in [3.63, 3.8) is 0 Å². The molecule has 0 aliphatic heterocycles. The molecule has 150 valence electrons. The van der Waals surface area contributed by atoms with Crippen LogP contribution in [0.4, 0.5) is 19.0 Å². The average molecular weight is 421 g/mol. The van der Waals surface area contributed by atoms with Crippen molar-refractivity contribution in [2.45, 2.75) is 63.9 Å². The van der Waals surface area contributed by atoms with E-state index in [9.17, 15) is 13.2 Å². The number of aromatic nitrogens is 3. The molecule has 0 radical (unpaired) electrons. The van der Waals surface area contributed by atoms with Crippen LogP contribution < -0.4 is 5.32 Å². The lowest BCUT2D eigenvalue weighted by atomic mass is 10.2. The number of fused-ring (bicyclic) bond motifs is 1. The molecule has 0 aromatic carbocycles. The number of nitrogens with one attached hydrogen (secondary N) is 1. The molecule has 0 atom stereocenters. The van der Waals surface area contributed by atoms with Gasteiger partial charge in [0.2, 0.25) is 5.28 Å². The monoisotopic (exact) mass is 420 g/mol. The van der Waals surface area contributed by atoms with Gasteiger partial charge in [0.25, 0.3) is 0 Å². The molecule has 0 saturated heterocycles. The Bertz CT molecular complexity index is 843. The summed E-state index contributed by atoms with van der Waals surface area (Å²) in [7, 11) is -1.28. The average Bonchev–Trinajstić information content (AvgIpc) is 3.09. The molecule has 1 saturated carbocycles. The minimum absolute atomic E-state index is 0.0128. The molecule has 5 nitrogen and oxygen atoms in total. The highest BCUT2D eigenvalue weighted by Crippen LogP contribution is 2.43. The molecule has 2 aromatic rings. The van der Waals surface area contributed by atoms with E-state index in [1.165, 1.54) is 4.57 Å². The number of anilines is 1. The van der Waals surface area contributed by atoms with Gasteiger partial charge in [-0.2, -0.15) is 18.2 Å². The van der Waals surface area contributed by atoms with Crippen molar-refractivity contribution in [3.8, 4) is 0 Å². The number of hydrogen-bond acceptors (Lipinski definition) is 4. The van der Waals surface area contributed by atoms with Crippen molar-refractivity contribution >= 4 is 36.5 Å². The van der Waals surface area contributed by atoms with E-state index in [0.717, 1.165) is 25.1 Å². The van der Waals surface area contributed by atoms with Crippen LogP contribution in [0.5, 0.6) is 0 Å². The zero-order chi connectivity index (χ0) is 20.0. The van der Waals surface area contributed by atoms with E-state index in [-0.39, 0.29) is 34.4 Å². The van der Waals surface area contributed by atoms with E-state index < -0.39 is 19.8 Å². The number of nitrogens with zero attached hydrogens (tertiary/aromatic N) is 3. The van der Waals surface area contributed by atoms with Gasteiger partial charge in [-0.15, -0.1) is 0 Å². The summed E-state index contributed by atoms with van der Waals surface area (Å²) in [4.78, 5) is 8.09. The fourth-order valence-corrected chi connectivity index (χ4v) is 3.62. The fraction of sp³-hybridized carbons (Fsp3) is 0.647. The van der Waals surface area contributed by atoms with Crippen LogP contribution in [0.15, 0.2) is 6.20 Å². The molecule has 2 aromatic heterocycles. The van der Waals surface area contributed by atoms with E-state index in [2.05, 4.69) is 34.9 Å². The SMILES string of the molecule is CC1(Nc2nc(Cl)nc3c2c(C(F)(F)F)cn3COCC[Si](C)(C)C)CC1. The second kappa shape index (κ2) is 6.93. The highest BCUT2D eigenvalue weighted by atomic mass is 35.5. The largest absolute Gasteiger partial charge is 0.418 e. The van der Waals surface area contributed by atoms with Crippen molar-refractivity contribution < 1.29 is 17.9 Å². The number of hydrogen-bond donors (Lipinski definition) is 1. The van der Waals surface area contributed by atoms with Gasteiger partial charge in [-0.1, -0.05) is 19.6 Å². The van der Waals surface area contributed by atoms with Crippen LogP contribution in [-0.2, 0) is 17.6 Å². The van der Waals surface area contributed by atoms with E-state index in [1.54, 1.807) is 0 Å². The third-order valence-electron chi connectivity index (χ3n) is 4.64. The zero-order valence-corrected chi connectivity index (χ0v) is 17.6. The van der Waals surface area contributed by atoms with Crippen LogP contribution in [0, 0.1) is 0 Å². The van der Waals surface area contributed by atoms with Crippen LogP contribution in [-0.4, -0.2) is 34.8 Å². The predicted molar refractivity (Wildman–Crippen MR) is 103 cm³/mol. The smallest absolute Gasteiger partial charge is 0.364 e. The third-order valence-corrected chi connectivity index (χ3v) is 6.51. The normalized spacial score (nSPS) is 16.7. The summed E-state index contributed by atoms with van der Waals surface area (Å²) in [5.74, 6) is 0.123. The predicted octanol–water partition coefficient (Wildman–Crippen LogP) is 5.38. The van der Waals surface area contributed by atoms with Crippen molar-refractivity contribution in [1.29, 1.82) is 0 Å². The Kier molecular flexibility index (Phi) is 5.24. The van der Waals surface area contributed by atoms with E-state index >= 15 is 0 Å². The Morgan fingerprint density at radius 2 is 1.96 bits per heavy atom. The summed E-state index contributed by atoms with van der Waals surface area (Å²) in [6.45, 7) is 9.07. The molecule has 3 rings (SSSR count). The number of ether oxygens (including phenoxy) is 1. The molecular formula is C17H24ClF3N4OSi. The molecule has 0 amide bonds. The molecule has 2 heterocycles. The minimum Gasteiger partial charge on any atom is -0.364 e. The first-order chi connectivity index (χ1) is 12.4. The first-order valence-corrected chi connectivity index (χ1v) is 13.0. The maximum absolute atomic E-state index is 13.6. The molecule has 0 bridgehead atoms. The van der Waals surface area contributed by atoms with Gasteiger partial charge in [0.15, 0.2) is 0 Å². The maximum Gasteiger partial charge on any atom is 0.418 e. The van der Waals surface area contributed by atoms with Gasteiger partial charge in [0.1, 0.15) is 18.2 Å². The molecule has 1 fully saturated rings. The van der Waals surface area contributed by atoms with Crippen molar-refractivity contribution in [2.24, 2.45) is 0 Å². The molecule has 0 unspecified atom stereocenters. The number of halogens is 4. The summed E-state index contributed by atoms with van der Waals surface area (Å²) >= 11 is 6.00. The van der Waals surface area contributed by atoms with Crippen LogP contribution in [0.3, 0.4) is 0 Å². The Labute approximate surface area is 162 Å². The summed E-state index contributed by atoms with van der Waals surface area (Å²) in [5.41, 5.74) is -0.902. The van der Waals surface area contributed by atoms with Gasteiger partial charge >= 0.3 is 6.18 Å². The Balaban J connectivity index is 1.96. The van der Waals surface area contributed by atoms with Gasteiger partial charge < -0.3 is 14.6 Å². The lowest BCUT2D eigenvalue weighted by molar-refractivity contribution is -0.136. The minimum atomic E-state index is -4.53. The van der Waals surface area contributed by atoms with E-state index in [0.29, 0.717) is 6.61 Å². The van der Waals surface area contributed by atoms with Gasteiger partial charge in [0.05, 0.1) is 10.9 Å². The highest BCUT2D eigenvalue weighted by molar-refractivity contribution is 6.76. The molecule has 1 aliphatic carbocycles. The Morgan fingerprint density at radius 1 is 1.30 bits per heavy atom. The quantitative estimate of drug-likeness (QED) is 0.371. The van der Waals surface area contributed by atoms with E-state index in [4.69, 9.17) is 16.3 Å².